The summed E-state index contributed by atoms with van der Waals surface area (Å²) in [5.74, 6) is 2.52. The van der Waals surface area contributed by atoms with E-state index in [4.69, 9.17) is 6.42 Å². The number of nitrogens with zero attached hydrogens (tertiary/aromatic N) is 2. The summed E-state index contributed by atoms with van der Waals surface area (Å²) in [5, 5.41) is 3.51. The summed E-state index contributed by atoms with van der Waals surface area (Å²) in [6, 6.07) is 17.0. The van der Waals surface area contributed by atoms with Crippen LogP contribution in [0.4, 0.5) is 11.4 Å². The van der Waals surface area contributed by atoms with Gasteiger partial charge in [0.25, 0.3) is 10.1 Å². The van der Waals surface area contributed by atoms with Crippen LogP contribution in [0.3, 0.4) is 0 Å². The topological polar surface area (TPSA) is 72.7 Å². The first-order valence-corrected chi connectivity index (χ1v) is 17.0. The minimum Gasteiger partial charge on any atom is -0.374 e. The van der Waals surface area contributed by atoms with Crippen LogP contribution in [0.2, 0.25) is 0 Å². The van der Waals surface area contributed by atoms with Crippen molar-refractivity contribution in [1.82, 2.24) is 5.32 Å². The van der Waals surface area contributed by atoms with Crippen LogP contribution in [-0.4, -0.2) is 49.1 Å². The number of hydrogen-bond donors (Lipinski definition) is 2. The molecule has 3 aliphatic rings. The molecule has 2 heterocycles. The van der Waals surface area contributed by atoms with Gasteiger partial charge in [0, 0.05) is 46.7 Å². The number of unbranched alkanes of at least 4 members (excludes halogenated alkanes) is 1. The highest BCUT2D eigenvalue weighted by molar-refractivity contribution is 7.85. The summed E-state index contributed by atoms with van der Waals surface area (Å²) in [6.07, 6.45) is 17.5. The predicted molar refractivity (Wildman–Crippen MR) is 181 cm³/mol. The van der Waals surface area contributed by atoms with Crippen LogP contribution in [-0.2, 0) is 20.9 Å². The lowest BCUT2D eigenvalue weighted by Crippen LogP contribution is -2.27. The smallest absolute Gasteiger partial charge is 0.264 e. The molecule has 6 nitrogen and oxygen atoms in total. The molecule has 0 saturated carbocycles. The summed E-state index contributed by atoms with van der Waals surface area (Å²) in [5.41, 5.74) is 10.7. The van der Waals surface area contributed by atoms with Crippen LogP contribution in [0, 0.1) is 12.3 Å². The molecule has 2 aromatic carbocycles. The van der Waals surface area contributed by atoms with Crippen molar-refractivity contribution in [3.05, 3.63) is 107 Å². The molecule has 0 aromatic heterocycles. The average Bonchev–Trinajstić information content (AvgIpc) is 3.53. The second-order valence-electron chi connectivity index (χ2n) is 12.9. The second-order valence-corrected chi connectivity index (χ2v) is 14.5. The molecule has 44 heavy (non-hydrogen) atoms. The SMILES string of the molecule is C#CCNC1=C(C=CC2=[N+](C)c3ccccc3C2(C)C)CCC1=CC=C1N(CCCCS(=O)(=O)O)c2ccccc2C1(C)C. The fraction of sp³-hybridized carbons (Fsp3) is 0.378. The Bertz CT molecular complexity index is 1760. The van der Waals surface area contributed by atoms with E-state index in [0.29, 0.717) is 25.9 Å². The van der Waals surface area contributed by atoms with Crippen molar-refractivity contribution in [3.63, 3.8) is 0 Å². The lowest BCUT2D eigenvalue weighted by Gasteiger charge is -2.27. The van der Waals surface area contributed by atoms with E-state index in [1.807, 2.05) is 6.07 Å². The normalized spacial score (nSPS) is 20.6. The monoisotopic (exact) mass is 610 g/mol. The van der Waals surface area contributed by atoms with Crippen LogP contribution < -0.4 is 10.2 Å². The third-order valence-corrected chi connectivity index (χ3v) is 10.1. The summed E-state index contributed by atoms with van der Waals surface area (Å²) < 4.78 is 34.1. The molecule has 0 atom stereocenters. The van der Waals surface area contributed by atoms with E-state index < -0.39 is 10.1 Å². The third kappa shape index (κ3) is 6.06. The van der Waals surface area contributed by atoms with Gasteiger partial charge in [0.15, 0.2) is 5.71 Å². The second kappa shape index (κ2) is 12.3. The van der Waals surface area contributed by atoms with E-state index in [2.05, 4.69) is 122 Å². The summed E-state index contributed by atoms with van der Waals surface area (Å²) in [6.45, 7) is 10.1. The van der Waals surface area contributed by atoms with Crippen molar-refractivity contribution in [3.8, 4) is 12.3 Å². The van der Waals surface area contributed by atoms with Gasteiger partial charge in [-0.15, -0.1) is 6.42 Å². The van der Waals surface area contributed by atoms with E-state index in [-0.39, 0.29) is 16.6 Å². The number of allylic oxidation sites excluding steroid dienone is 7. The number of hydrogen-bond acceptors (Lipinski definition) is 4. The minimum absolute atomic E-state index is 0.0929. The van der Waals surface area contributed by atoms with Gasteiger partial charge in [-0.2, -0.15) is 13.0 Å². The zero-order valence-corrected chi connectivity index (χ0v) is 27.3. The Balaban J connectivity index is 1.47. The number of terminal acetylenes is 1. The maximum absolute atomic E-state index is 11.3. The van der Waals surface area contributed by atoms with Gasteiger partial charge in [-0.25, -0.2) is 0 Å². The van der Waals surface area contributed by atoms with Crippen molar-refractivity contribution >= 4 is 27.2 Å². The van der Waals surface area contributed by atoms with E-state index in [1.54, 1.807) is 0 Å². The van der Waals surface area contributed by atoms with Crippen LogP contribution in [0.1, 0.15) is 64.5 Å². The molecule has 0 bridgehead atoms. The van der Waals surface area contributed by atoms with Gasteiger partial charge in [0.2, 0.25) is 5.69 Å². The Labute approximate surface area is 263 Å². The number of para-hydroxylation sites is 2. The molecule has 0 fully saturated rings. The molecular weight excluding hydrogens is 566 g/mol. The largest absolute Gasteiger partial charge is 0.374 e. The Morgan fingerprint density at radius 3 is 2.39 bits per heavy atom. The maximum atomic E-state index is 11.3. The molecule has 2 aliphatic heterocycles. The highest BCUT2D eigenvalue weighted by atomic mass is 32.2. The van der Waals surface area contributed by atoms with E-state index >= 15 is 0 Å². The summed E-state index contributed by atoms with van der Waals surface area (Å²) in [7, 11) is -1.83. The molecule has 0 radical (unpaired) electrons. The quantitative estimate of drug-likeness (QED) is 0.134. The number of fused-ring (bicyclic) bond motifs is 2. The Morgan fingerprint density at radius 2 is 1.68 bits per heavy atom. The van der Waals surface area contributed by atoms with Gasteiger partial charge >= 0.3 is 0 Å². The zero-order valence-electron chi connectivity index (χ0n) is 26.5. The maximum Gasteiger partial charge on any atom is 0.264 e. The first-order valence-electron chi connectivity index (χ1n) is 15.4. The van der Waals surface area contributed by atoms with E-state index in [9.17, 15) is 13.0 Å². The van der Waals surface area contributed by atoms with Gasteiger partial charge in [-0.3, -0.25) is 4.55 Å². The number of rotatable bonds is 10. The van der Waals surface area contributed by atoms with Crippen molar-refractivity contribution in [1.29, 1.82) is 0 Å². The van der Waals surface area contributed by atoms with Crippen molar-refractivity contribution < 1.29 is 17.5 Å². The van der Waals surface area contributed by atoms with Crippen LogP contribution in [0.5, 0.6) is 0 Å². The fourth-order valence-electron chi connectivity index (χ4n) is 7.02. The highest BCUT2D eigenvalue weighted by Crippen LogP contribution is 2.48. The van der Waals surface area contributed by atoms with Gasteiger partial charge < -0.3 is 10.2 Å². The molecule has 0 unspecified atom stereocenters. The van der Waals surface area contributed by atoms with Crippen LogP contribution in [0.15, 0.2) is 95.4 Å². The lowest BCUT2D eigenvalue weighted by atomic mass is 9.81. The number of benzene rings is 2. The van der Waals surface area contributed by atoms with Crippen LogP contribution in [0.25, 0.3) is 0 Å². The highest BCUT2D eigenvalue weighted by Gasteiger charge is 2.43. The minimum atomic E-state index is -3.97. The van der Waals surface area contributed by atoms with E-state index in [0.717, 1.165) is 24.2 Å². The zero-order chi connectivity index (χ0) is 31.7. The van der Waals surface area contributed by atoms with Crippen molar-refractivity contribution in [2.24, 2.45) is 0 Å². The van der Waals surface area contributed by atoms with Gasteiger partial charge in [0.1, 0.15) is 7.05 Å². The Morgan fingerprint density at radius 1 is 0.977 bits per heavy atom. The van der Waals surface area contributed by atoms with Gasteiger partial charge in [-0.05, 0) is 68.4 Å². The van der Waals surface area contributed by atoms with Gasteiger partial charge in [0.05, 0.1) is 17.7 Å². The standard InChI is InChI=1S/C37H43N3O3S/c1-7-24-38-35-27(20-22-33-36(2,3)29-14-8-10-16-31(29)39(33)6)18-19-28(35)21-23-34-37(4,5)30-15-9-11-17-32(30)40(34)25-12-13-26-44(41,42)43/h1,8-11,14-17,20-23H,12-13,18-19,24-26H2,2-6H3,(H,41,42,43)/p+1. The summed E-state index contributed by atoms with van der Waals surface area (Å²) >= 11 is 0. The first kappa shape index (κ1) is 31.6. The molecule has 0 amide bonds. The Hall–Kier alpha value is -3.86. The van der Waals surface area contributed by atoms with Crippen molar-refractivity contribution in [2.75, 3.05) is 30.8 Å². The molecule has 1 aliphatic carbocycles. The molecule has 0 spiro atoms. The molecule has 5 rings (SSSR count). The molecule has 230 valence electrons. The van der Waals surface area contributed by atoms with Gasteiger partial charge in [-0.1, -0.05) is 68.3 Å². The van der Waals surface area contributed by atoms with Crippen LogP contribution >= 0.6 is 0 Å². The number of anilines is 1. The molecule has 2 N–H and O–H groups in total. The van der Waals surface area contributed by atoms with Crippen molar-refractivity contribution in [2.45, 2.75) is 64.2 Å². The average molecular weight is 611 g/mol. The fourth-order valence-corrected chi connectivity index (χ4v) is 7.59. The molecule has 2 aromatic rings. The third-order valence-electron chi connectivity index (χ3n) is 9.33. The summed E-state index contributed by atoms with van der Waals surface area (Å²) in [4.78, 5) is 2.30. The number of nitrogens with one attached hydrogen (secondary N) is 1. The Kier molecular flexibility index (Phi) is 8.80. The molecule has 0 saturated heterocycles. The predicted octanol–water partition coefficient (Wildman–Crippen LogP) is 6.80. The first-order chi connectivity index (χ1) is 20.9. The molecular formula is C37H44N3O3S+. The lowest BCUT2D eigenvalue weighted by molar-refractivity contribution is -0.401. The van der Waals surface area contributed by atoms with E-state index in [1.165, 1.54) is 39.4 Å². The molecule has 7 heteroatoms.